The molecule has 2 aromatic carbocycles. The Bertz CT molecular complexity index is 778. The predicted octanol–water partition coefficient (Wildman–Crippen LogP) is 3.56. The van der Waals surface area contributed by atoms with E-state index in [0.29, 0.717) is 11.1 Å². The molecule has 4 nitrogen and oxygen atoms in total. The zero-order chi connectivity index (χ0) is 16.6. The Morgan fingerprint density at radius 1 is 1.17 bits per heavy atom. The molecule has 0 radical (unpaired) electrons. The Kier molecular flexibility index (Phi) is 3.93. The highest BCUT2D eigenvalue weighted by Crippen LogP contribution is 2.30. The van der Waals surface area contributed by atoms with Gasteiger partial charge in [-0.05, 0) is 42.3 Å². The van der Waals surface area contributed by atoms with Crippen molar-refractivity contribution in [1.82, 2.24) is 10.2 Å². The molecule has 6 heteroatoms. The van der Waals surface area contributed by atoms with Crippen molar-refractivity contribution in [3.8, 4) is 0 Å². The lowest BCUT2D eigenvalue weighted by atomic mass is 9.92. The molecule has 0 bridgehead atoms. The van der Waals surface area contributed by atoms with Gasteiger partial charge in [-0.15, -0.1) is 0 Å². The highest BCUT2D eigenvalue weighted by Gasteiger charge is 2.48. The maximum atomic E-state index is 13.3. The fourth-order valence-electron chi connectivity index (χ4n) is 2.64. The van der Waals surface area contributed by atoms with Crippen molar-refractivity contribution < 1.29 is 14.0 Å². The number of rotatable bonds is 3. The fraction of sp³-hybridized carbons (Fsp3) is 0.176. The normalized spacial score (nSPS) is 20.7. The summed E-state index contributed by atoms with van der Waals surface area (Å²) >= 11 is 3.34. The van der Waals surface area contributed by atoms with Crippen molar-refractivity contribution in [3.63, 3.8) is 0 Å². The lowest BCUT2D eigenvalue weighted by Crippen LogP contribution is -2.40. The molecule has 3 rings (SSSR count). The average molecular weight is 377 g/mol. The third kappa shape index (κ3) is 2.86. The van der Waals surface area contributed by atoms with Gasteiger partial charge >= 0.3 is 6.03 Å². The number of benzene rings is 2. The van der Waals surface area contributed by atoms with Gasteiger partial charge in [0.1, 0.15) is 11.4 Å². The molecule has 1 unspecified atom stereocenters. The summed E-state index contributed by atoms with van der Waals surface area (Å²) in [4.78, 5) is 26.1. The molecule has 1 aliphatic heterocycles. The van der Waals surface area contributed by atoms with Crippen LogP contribution in [0, 0.1) is 5.82 Å². The van der Waals surface area contributed by atoms with E-state index in [1.807, 2.05) is 12.1 Å². The van der Waals surface area contributed by atoms with Crippen LogP contribution in [-0.2, 0) is 16.9 Å². The molecule has 1 N–H and O–H groups in total. The molecule has 1 saturated heterocycles. The number of nitrogens with zero attached hydrogens (tertiary/aromatic N) is 1. The van der Waals surface area contributed by atoms with E-state index in [1.54, 1.807) is 31.2 Å². The molecule has 1 fully saturated rings. The number of urea groups is 1. The van der Waals surface area contributed by atoms with Gasteiger partial charge in [0, 0.05) is 4.47 Å². The summed E-state index contributed by atoms with van der Waals surface area (Å²) < 4.78 is 14.2. The number of carbonyl (C=O) groups excluding carboxylic acids is 2. The SMILES string of the molecule is CC1(c2ccc(Br)cc2)NC(=O)N(Cc2cccc(F)c2)C1=O. The third-order valence-corrected chi connectivity index (χ3v) is 4.45. The van der Waals surface area contributed by atoms with E-state index < -0.39 is 17.4 Å². The van der Waals surface area contributed by atoms with Crippen molar-refractivity contribution in [1.29, 1.82) is 0 Å². The Hall–Kier alpha value is -2.21. The lowest BCUT2D eigenvalue weighted by molar-refractivity contribution is -0.131. The van der Waals surface area contributed by atoms with Gasteiger partial charge in [-0.25, -0.2) is 9.18 Å². The van der Waals surface area contributed by atoms with Crippen LogP contribution in [0.15, 0.2) is 53.0 Å². The number of hydrogen-bond donors (Lipinski definition) is 1. The molecule has 3 amide bonds. The second kappa shape index (κ2) is 5.77. The molecule has 0 saturated carbocycles. The number of halogens is 2. The topological polar surface area (TPSA) is 49.4 Å². The first-order chi connectivity index (χ1) is 10.9. The molecule has 0 aromatic heterocycles. The van der Waals surface area contributed by atoms with E-state index in [1.165, 1.54) is 12.1 Å². The summed E-state index contributed by atoms with van der Waals surface area (Å²) in [6.45, 7) is 1.70. The molecule has 23 heavy (non-hydrogen) atoms. The van der Waals surface area contributed by atoms with Crippen LogP contribution in [-0.4, -0.2) is 16.8 Å². The predicted molar refractivity (Wildman–Crippen MR) is 87.0 cm³/mol. The quantitative estimate of drug-likeness (QED) is 0.832. The molecule has 118 valence electrons. The Morgan fingerprint density at radius 3 is 2.52 bits per heavy atom. The minimum Gasteiger partial charge on any atom is -0.319 e. The standard InChI is InChI=1S/C17H14BrFN2O2/c1-17(12-5-7-13(18)8-6-12)15(22)21(16(23)20-17)10-11-3-2-4-14(19)9-11/h2-9H,10H2,1H3,(H,20,23). The zero-order valence-corrected chi connectivity index (χ0v) is 13.9. The van der Waals surface area contributed by atoms with Gasteiger partial charge in [-0.2, -0.15) is 0 Å². The van der Waals surface area contributed by atoms with Crippen molar-refractivity contribution in [2.45, 2.75) is 19.0 Å². The number of nitrogens with one attached hydrogen (secondary N) is 1. The van der Waals surface area contributed by atoms with E-state index in [4.69, 9.17) is 0 Å². The van der Waals surface area contributed by atoms with Crippen LogP contribution in [0.25, 0.3) is 0 Å². The summed E-state index contributed by atoms with van der Waals surface area (Å²) in [6, 6.07) is 12.6. The number of imide groups is 1. The molecule has 1 heterocycles. The first-order valence-electron chi connectivity index (χ1n) is 7.05. The van der Waals surface area contributed by atoms with Gasteiger partial charge in [0.2, 0.25) is 0 Å². The van der Waals surface area contributed by atoms with E-state index in [-0.39, 0.29) is 12.5 Å². The van der Waals surface area contributed by atoms with E-state index in [2.05, 4.69) is 21.2 Å². The second-order valence-corrected chi connectivity index (χ2v) is 6.50. The Labute approximate surface area is 141 Å². The summed E-state index contributed by atoms with van der Waals surface area (Å²) in [5.74, 6) is -0.751. The summed E-state index contributed by atoms with van der Waals surface area (Å²) in [5.41, 5.74) is 0.139. The molecule has 1 aliphatic rings. The monoisotopic (exact) mass is 376 g/mol. The first-order valence-corrected chi connectivity index (χ1v) is 7.84. The number of hydrogen-bond acceptors (Lipinski definition) is 2. The van der Waals surface area contributed by atoms with Crippen LogP contribution in [0.4, 0.5) is 9.18 Å². The molecule has 1 atom stereocenters. The maximum absolute atomic E-state index is 13.3. The minimum atomic E-state index is -1.12. The van der Waals surface area contributed by atoms with Gasteiger partial charge < -0.3 is 5.32 Å². The molecule has 0 spiro atoms. The van der Waals surface area contributed by atoms with E-state index in [9.17, 15) is 14.0 Å². The summed E-state index contributed by atoms with van der Waals surface area (Å²) in [6.07, 6.45) is 0. The van der Waals surface area contributed by atoms with E-state index >= 15 is 0 Å². The number of carbonyl (C=O) groups is 2. The largest absolute Gasteiger partial charge is 0.325 e. The molecule has 0 aliphatic carbocycles. The van der Waals surface area contributed by atoms with E-state index in [0.717, 1.165) is 9.37 Å². The van der Waals surface area contributed by atoms with Crippen LogP contribution in [0.2, 0.25) is 0 Å². The van der Waals surface area contributed by atoms with Crippen LogP contribution < -0.4 is 5.32 Å². The second-order valence-electron chi connectivity index (χ2n) is 5.58. The highest BCUT2D eigenvalue weighted by molar-refractivity contribution is 9.10. The van der Waals surface area contributed by atoms with Crippen LogP contribution in [0.3, 0.4) is 0 Å². The third-order valence-electron chi connectivity index (χ3n) is 3.93. The van der Waals surface area contributed by atoms with Gasteiger partial charge in [0.05, 0.1) is 6.54 Å². The van der Waals surface area contributed by atoms with Crippen molar-refractivity contribution in [3.05, 3.63) is 69.9 Å². The Balaban J connectivity index is 1.89. The van der Waals surface area contributed by atoms with Gasteiger partial charge in [0.15, 0.2) is 0 Å². The lowest BCUT2D eigenvalue weighted by Gasteiger charge is -2.22. The van der Waals surface area contributed by atoms with Crippen LogP contribution >= 0.6 is 15.9 Å². The van der Waals surface area contributed by atoms with Crippen LogP contribution in [0.5, 0.6) is 0 Å². The van der Waals surface area contributed by atoms with Gasteiger partial charge in [-0.1, -0.05) is 40.2 Å². The van der Waals surface area contributed by atoms with Crippen molar-refractivity contribution >= 4 is 27.9 Å². The molecular weight excluding hydrogens is 363 g/mol. The first kappa shape index (κ1) is 15.7. The van der Waals surface area contributed by atoms with Gasteiger partial charge in [-0.3, -0.25) is 9.69 Å². The fourth-order valence-corrected chi connectivity index (χ4v) is 2.90. The summed E-state index contributed by atoms with van der Waals surface area (Å²) in [5, 5.41) is 2.73. The molecular formula is C17H14BrFN2O2. The number of amides is 3. The zero-order valence-electron chi connectivity index (χ0n) is 12.3. The van der Waals surface area contributed by atoms with Gasteiger partial charge in [0.25, 0.3) is 5.91 Å². The minimum absolute atomic E-state index is 0.0363. The Morgan fingerprint density at radius 2 is 1.87 bits per heavy atom. The van der Waals surface area contributed by atoms with Crippen LogP contribution in [0.1, 0.15) is 18.1 Å². The van der Waals surface area contributed by atoms with Crippen molar-refractivity contribution in [2.24, 2.45) is 0 Å². The van der Waals surface area contributed by atoms with Crippen molar-refractivity contribution in [2.75, 3.05) is 0 Å². The average Bonchev–Trinajstić information content (AvgIpc) is 2.72. The summed E-state index contributed by atoms with van der Waals surface area (Å²) in [7, 11) is 0. The smallest absolute Gasteiger partial charge is 0.319 e. The maximum Gasteiger partial charge on any atom is 0.325 e. The highest BCUT2D eigenvalue weighted by atomic mass is 79.9. The molecule has 2 aromatic rings.